The summed E-state index contributed by atoms with van der Waals surface area (Å²) in [5.41, 5.74) is 1.79. The van der Waals surface area contributed by atoms with Crippen LogP contribution in [0.25, 0.3) is 21.8 Å². The minimum Gasteiger partial charge on any atom is -0.368 e. The summed E-state index contributed by atoms with van der Waals surface area (Å²) >= 11 is 0. The van der Waals surface area contributed by atoms with Crippen LogP contribution in [-0.2, 0) is 9.84 Å². The summed E-state index contributed by atoms with van der Waals surface area (Å²) < 4.78 is 54.9. The highest BCUT2D eigenvalue weighted by Gasteiger charge is 2.24. The van der Waals surface area contributed by atoms with Crippen LogP contribution in [0.3, 0.4) is 0 Å². The van der Waals surface area contributed by atoms with E-state index in [0.717, 1.165) is 38.9 Å². The predicted molar refractivity (Wildman–Crippen MR) is 145 cm³/mol. The summed E-state index contributed by atoms with van der Waals surface area (Å²) in [7, 11) is -3.08. The van der Waals surface area contributed by atoms with E-state index in [1.807, 2.05) is 6.07 Å². The summed E-state index contributed by atoms with van der Waals surface area (Å²) in [4.78, 5) is 4.93. The second-order valence-electron chi connectivity index (χ2n) is 9.81. The van der Waals surface area contributed by atoms with Gasteiger partial charge in [0.15, 0.2) is 9.84 Å². The third-order valence-corrected chi connectivity index (χ3v) is 8.81. The zero-order valence-corrected chi connectivity index (χ0v) is 21.8. The van der Waals surface area contributed by atoms with Gasteiger partial charge in [0.05, 0.1) is 35.1 Å². The highest BCUT2D eigenvalue weighted by molar-refractivity contribution is 7.91. The van der Waals surface area contributed by atoms with Crippen molar-refractivity contribution < 1.29 is 17.2 Å². The summed E-state index contributed by atoms with van der Waals surface area (Å²) in [5, 5.41) is 11.5. The van der Waals surface area contributed by atoms with Crippen LogP contribution in [0.5, 0.6) is 0 Å². The molecule has 0 saturated carbocycles. The molecule has 38 heavy (non-hydrogen) atoms. The van der Waals surface area contributed by atoms with Crippen molar-refractivity contribution in [1.29, 1.82) is 0 Å². The third kappa shape index (κ3) is 5.81. The molecule has 2 N–H and O–H groups in total. The Hall–Kier alpha value is -3.49. The number of aromatic nitrogens is 2. The number of hydrogen-bond acceptors (Lipinski definition) is 6. The van der Waals surface area contributed by atoms with Crippen molar-refractivity contribution in [3.63, 3.8) is 0 Å². The largest absolute Gasteiger partial charge is 0.368 e. The molecule has 2 aromatic carbocycles. The molecule has 1 unspecified atom stereocenters. The van der Waals surface area contributed by atoms with Crippen LogP contribution in [0, 0.1) is 24.1 Å². The zero-order valence-electron chi connectivity index (χ0n) is 21.0. The second-order valence-corrected chi connectivity index (χ2v) is 12.1. The number of benzene rings is 2. The predicted octanol–water partition coefficient (Wildman–Crippen LogP) is 4.40. The van der Waals surface area contributed by atoms with E-state index in [-0.39, 0.29) is 30.3 Å². The molecule has 2 saturated heterocycles. The Morgan fingerprint density at radius 3 is 2.61 bits per heavy atom. The molecule has 2 aliphatic heterocycles. The first-order valence-corrected chi connectivity index (χ1v) is 14.6. The van der Waals surface area contributed by atoms with E-state index in [1.54, 1.807) is 27.8 Å². The molecule has 2 fully saturated rings. The molecule has 11 heteroatoms. The summed E-state index contributed by atoms with van der Waals surface area (Å²) in [6.07, 6.45) is 3.29. The normalized spacial score (nSPS) is 19.5. The van der Waals surface area contributed by atoms with Gasteiger partial charge in [0.1, 0.15) is 17.5 Å². The number of nitrogens with one attached hydrogen (secondary N) is 2. The minimum absolute atomic E-state index is 0.00422. The number of sulfone groups is 1. The lowest BCUT2D eigenvalue weighted by Crippen LogP contribution is -2.40. The molecule has 1 atom stereocenters. The molecule has 1 aromatic heterocycles. The first-order valence-electron chi connectivity index (χ1n) is 12.8. The molecule has 3 heterocycles. The van der Waals surface area contributed by atoms with Crippen LogP contribution in [-0.4, -0.2) is 62.4 Å². The quantitative estimate of drug-likeness (QED) is 0.451. The summed E-state index contributed by atoms with van der Waals surface area (Å²) in [5.74, 6) is -0.0342. The molecule has 0 spiro atoms. The van der Waals surface area contributed by atoms with Crippen LogP contribution in [0.2, 0.25) is 0 Å². The number of anilines is 2. The maximum absolute atomic E-state index is 15.3. The summed E-state index contributed by atoms with van der Waals surface area (Å²) in [6, 6.07) is 10.9. The van der Waals surface area contributed by atoms with Gasteiger partial charge in [-0.1, -0.05) is 12.1 Å². The number of rotatable bonds is 6. The maximum Gasteiger partial charge on any atom is 0.222 e. The van der Waals surface area contributed by atoms with E-state index in [0.29, 0.717) is 34.4 Å². The van der Waals surface area contributed by atoms with Gasteiger partial charge >= 0.3 is 0 Å². The third-order valence-electron chi connectivity index (χ3n) is 7.20. The average Bonchev–Trinajstić information content (AvgIpc) is 3.15. The number of hydrogen-bond donors (Lipinski definition) is 2. The molecule has 3 aromatic rings. The fraction of sp³-hybridized carbons (Fsp3) is 0.407. The molecule has 2 aliphatic rings. The fourth-order valence-corrected chi connectivity index (χ4v) is 6.21. The van der Waals surface area contributed by atoms with Gasteiger partial charge in [-0.15, -0.1) is 5.10 Å². The van der Waals surface area contributed by atoms with Crippen molar-refractivity contribution >= 4 is 27.0 Å². The molecular weight excluding hydrogens is 510 g/mol. The SMILES string of the molecule is [C-]#[N+]c1ccc(-c2cc(NCC3CCCNCC3)nn2-c2ccc(N3CCS(=O)(=O)CC3)c(F)c2)cc1F. The van der Waals surface area contributed by atoms with Crippen molar-refractivity contribution in [3.8, 4) is 16.9 Å². The molecule has 8 nitrogen and oxygen atoms in total. The molecular formula is C27H30F2N6O2S. The molecule has 0 radical (unpaired) electrons. The van der Waals surface area contributed by atoms with Crippen LogP contribution in [0.1, 0.15) is 19.3 Å². The zero-order chi connectivity index (χ0) is 26.7. The van der Waals surface area contributed by atoms with Gasteiger partial charge in [0, 0.05) is 37.3 Å². The monoisotopic (exact) mass is 540 g/mol. The molecule has 0 amide bonds. The molecule has 0 bridgehead atoms. The van der Waals surface area contributed by atoms with Crippen LogP contribution in [0.15, 0.2) is 42.5 Å². The molecule has 200 valence electrons. The lowest BCUT2D eigenvalue weighted by atomic mass is 10.0. The first-order chi connectivity index (χ1) is 18.3. The van der Waals surface area contributed by atoms with Gasteiger partial charge < -0.3 is 15.5 Å². The van der Waals surface area contributed by atoms with E-state index in [4.69, 9.17) is 6.57 Å². The highest BCUT2D eigenvalue weighted by Crippen LogP contribution is 2.32. The maximum atomic E-state index is 15.3. The van der Waals surface area contributed by atoms with Crippen molar-refractivity contribution in [3.05, 3.63) is 65.5 Å². The Labute approximate surface area is 221 Å². The second kappa shape index (κ2) is 11.1. The number of nitrogens with zero attached hydrogens (tertiary/aromatic N) is 4. The Morgan fingerprint density at radius 2 is 1.87 bits per heavy atom. The van der Waals surface area contributed by atoms with Gasteiger partial charge in [-0.05, 0) is 56.5 Å². The highest BCUT2D eigenvalue weighted by atomic mass is 32.2. The Balaban J connectivity index is 1.46. The average molecular weight is 541 g/mol. The first kappa shape index (κ1) is 26.1. The van der Waals surface area contributed by atoms with Crippen LogP contribution >= 0.6 is 0 Å². The minimum atomic E-state index is -3.08. The van der Waals surface area contributed by atoms with Gasteiger partial charge in [0.25, 0.3) is 0 Å². The van der Waals surface area contributed by atoms with Crippen LogP contribution < -0.4 is 15.5 Å². The standard InChI is InChI=1S/C27H30F2N6O2S/c1-30-24-6-4-20(15-22(24)28)26-17-27(32-18-19-3-2-9-31-10-8-19)33-35(26)21-5-7-25(23(29)16-21)34-11-13-38(36,37)14-12-34/h4-7,15-17,19,31H,2-3,8-14,18H2,(H,32,33). The van der Waals surface area contributed by atoms with E-state index < -0.39 is 21.5 Å². The Morgan fingerprint density at radius 1 is 1.05 bits per heavy atom. The van der Waals surface area contributed by atoms with E-state index in [9.17, 15) is 12.8 Å². The molecule has 0 aliphatic carbocycles. The topological polar surface area (TPSA) is 83.6 Å². The van der Waals surface area contributed by atoms with Gasteiger partial charge in [-0.2, -0.15) is 0 Å². The van der Waals surface area contributed by atoms with E-state index in [2.05, 4.69) is 20.6 Å². The van der Waals surface area contributed by atoms with Crippen molar-refractivity contribution in [2.45, 2.75) is 19.3 Å². The Bertz CT molecular complexity index is 1440. The Kier molecular flexibility index (Phi) is 7.63. The van der Waals surface area contributed by atoms with Crippen molar-refractivity contribution in [2.24, 2.45) is 5.92 Å². The molecule has 5 rings (SSSR count). The fourth-order valence-electron chi connectivity index (χ4n) is 5.01. The van der Waals surface area contributed by atoms with E-state index >= 15 is 4.39 Å². The lowest BCUT2D eigenvalue weighted by molar-refractivity contribution is 0.496. The van der Waals surface area contributed by atoms with Crippen molar-refractivity contribution in [2.75, 3.05) is 54.4 Å². The van der Waals surface area contributed by atoms with Crippen LogP contribution in [0.4, 0.5) is 26.0 Å². The number of halogens is 2. The van der Waals surface area contributed by atoms with Gasteiger partial charge in [-0.3, -0.25) is 0 Å². The van der Waals surface area contributed by atoms with Crippen molar-refractivity contribution in [1.82, 2.24) is 15.1 Å². The summed E-state index contributed by atoms with van der Waals surface area (Å²) in [6.45, 7) is 10.4. The van der Waals surface area contributed by atoms with Gasteiger partial charge in [-0.25, -0.2) is 26.7 Å². The lowest BCUT2D eigenvalue weighted by Gasteiger charge is -2.29. The smallest absolute Gasteiger partial charge is 0.222 e. The van der Waals surface area contributed by atoms with E-state index in [1.165, 1.54) is 18.2 Å². The van der Waals surface area contributed by atoms with Gasteiger partial charge in [0.2, 0.25) is 5.69 Å².